The van der Waals surface area contributed by atoms with Crippen molar-refractivity contribution in [1.29, 1.82) is 0 Å². The minimum Gasteiger partial charge on any atom is -0.462 e. The number of benzene rings is 2. The second kappa shape index (κ2) is 8.99. The highest BCUT2D eigenvalue weighted by Crippen LogP contribution is 2.27. The van der Waals surface area contributed by atoms with Gasteiger partial charge in [-0.3, -0.25) is 0 Å². The van der Waals surface area contributed by atoms with Crippen LogP contribution in [0.5, 0.6) is 0 Å². The molecule has 0 unspecified atom stereocenters. The van der Waals surface area contributed by atoms with E-state index in [0.29, 0.717) is 17.7 Å². The van der Waals surface area contributed by atoms with Gasteiger partial charge in [-0.2, -0.15) is 0 Å². The van der Waals surface area contributed by atoms with Crippen LogP contribution in [0.25, 0.3) is 0 Å². The van der Waals surface area contributed by atoms with Crippen molar-refractivity contribution in [2.75, 3.05) is 19.8 Å². The molecule has 28 heavy (non-hydrogen) atoms. The Hall–Kier alpha value is -2.70. The van der Waals surface area contributed by atoms with E-state index in [9.17, 15) is 9.59 Å². The summed E-state index contributed by atoms with van der Waals surface area (Å²) in [4.78, 5) is 24.4. The van der Waals surface area contributed by atoms with Crippen LogP contribution in [0.2, 0.25) is 0 Å². The first-order valence-electron chi connectivity index (χ1n) is 9.21. The topological polar surface area (TPSA) is 71.1 Å². The number of carbonyl (C=O) groups excluding carboxylic acids is 2. The first kappa shape index (κ1) is 20.0. The number of carbonyl (C=O) groups is 2. The van der Waals surface area contributed by atoms with E-state index < -0.39 is 23.8 Å². The second-order valence-electron chi connectivity index (χ2n) is 7.06. The lowest BCUT2D eigenvalue weighted by Crippen LogP contribution is -2.49. The molecule has 2 aromatic carbocycles. The van der Waals surface area contributed by atoms with E-state index in [4.69, 9.17) is 18.9 Å². The first-order valence-corrected chi connectivity index (χ1v) is 9.21. The van der Waals surface area contributed by atoms with Crippen molar-refractivity contribution in [3.05, 3.63) is 71.8 Å². The van der Waals surface area contributed by atoms with Gasteiger partial charge < -0.3 is 18.9 Å². The first-order chi connectivity index (χ1) is 13.4. The van der Waals surface area contributed by atoms with Gasteiger partial charge in [-0.1, -0.05) is 36.4 Å². The fraction of sp³-hybridized carbons (Fsp3) is 0.364. The Bertz CT molecular complexity index is 787. The van der Waals surface area contributed by atoms with Gasteiger partial charge >= 0.3 is 11.9 Å². The summed E-state index contributed by atoms with van der Waals surface area (Å²) in [5, 5.41) is 0. The van der Waals surface area contributed by atoms with E-state index in [1.807, 2.05) is 12.1 Å². The minimum absolute atomic E-state index is 0.0497. The van der Waals surface area contributed by atoms with Crippen LogP contribution in [0.1, 0.15) is 34.6 Å². The molecular weight excluding hydrogens is 360 g/mol. The number of hydrogen-bond donors (Lipinski definition) is 0. The molecule has 1 heterocycles. The van der Waals surface area contributed by atoms with Crippen molar-refractivity contribution in [2.45, 2.75) is 25.7 Å². The summed E-state index contributed by atoms with van der Waals surface area (Å²) in [7, 11) is 0. The second-order valence-corrected chi connectivity index (χ2v) is 7.06. The molecule has 2 aromatic rings. The normalized spacial score (nSPS) is 20.9. The summed E-state index contributed by atoms with van der Waals surface area (Å²) >= 11 is 0. The average molecular weight is 384 g/mol. The summed E-state index contributed by atoms with van der Waals surface area (Å²) in [6, 6.07) is 17.5. The van der Waals surface area contributed by atoms with Gasteiger partial charge in [0.1, 0.15) is 12.7 Å². The van der Waals surface area contributed by atoms with Crippen molar-refractivity contribution in [3.63, 3.8) is 0 Å². The van der Waals surface area contributed by atoms with Crippen LogP contribution in [-0.4, -0.2) is 43.7 Å². The fourth-order valence-electron chi connectivity index (χ4n) is 2.89. The van der Waals surface area contributed by atoms with Crippen molar-refractivity contribution in [2.24, 2.45) is 5.92 Å². The molecule has 0 bridgehead atoms. The largest absolute Gasteiger partial charge is 0.462 e. The van der Waals surface area contributed by atoms with Gasteiger partial charge in [0, 0.05) is 5.92 Å². The van der Waals surface area contributed by atoms with E-state index >= 15 is 0 Å². The lowest BCUT2D eigenvalue weighted by Gasteiger charge is -2.40. The average Bonchev–Trinajstić information content (AvgIpc) is 2.72. The highest BCUT2D eigenvalue weighted by Gasteiger charge is 2.38. The quantitative estimate of drug-likeness (QED) is 0.711. The van der Waals surface area contributed by atoms with E-state index in [-0.39, 0.29) is 19.1 Å². The number of rotatable bonds is 6. The Balaban J connectivity index is 1.58. The van der Waals surface area contributed by atoms with Gasteiger partial charge in [0.05, 0.1) is 24.3 Å². The molecule has 1 aliphatic heterocycles. The molecule has 1 saturated heterocycles. The molecule has 0 aliphatic carbocycles. The zero-order valence-electron chi connectivity index (χ0n) is 16.0. The Morgan fingerprint density at radius 1 is 0.893 bits per heavy atom. The van der Waals surface area contributed by atoms with Gasteiger partial charge in [0.15, 0.2) is 5.79 Å². The van der Waals surface area contributed by atoms with Crippen LogP contribution in [-0.2, 0) is 18.9 Å². The SMILES string of the molecule is CC1(C)OC[C@H](COC(=O)c2ccccc2)[C@@H](COC(=O)c2ccccc2)O1. The predicted octanol–water partition coefficient (Wildman–Crippen LogP) is 3.47. The molecule has 0 spiro atoms. The van der Waals surface area contributed by atoms with E-state index in [0.717, 1.165) is 0 Å². The monoisotopic (exact) mass is 384 g/mol. The standard InChI is InChI=1S/C22H24O6/c1-22(2)27-14-18(13-25-20(23)16-9-5-3-6-10-16)19(28-22)15-26-21(24)17-11-7-4-8-12-17/h3-12,18-19H,13-15H2,1-2H3/t18-,19+/m0/s1. The van der Waals surface area contributed by atoms with Gasteiger partial charge in [-0.15, -0.1) is 0 Å². The molecule has 6 heteroatoms. The summed E-state index contributed by atoms with van der Waals surface area (Å²) in [6.45, 7) is 4.09. The van der Waals surface area contributed by atoms with Crippen LogP contribution in [0.15, 0.2) is 60.7 Å². The van der Waals surface area contributed by atoms with Crippen LogP contribution >= 0.6 is 0 Å². The molecule has 0 N–H and O–H groups in total. The summed E-state index contributed by atoms with van der Waals surface area (Å²) in [5.74, 6) is -1.88. The third kappa shape index (κ3) is 5.41. The maximum atomic E-state index is 12.2. The lowest BCUT2D eigenvalue weighted by atomic mass is 10.0. The third-order valence-corrected chi connectivity index (χ3v) is 4.43. The fourth-order valence-corrected chi connectivity index (χ4v) is 2.89. The van der Waals surface area contributed by atoms with Crippen molar-refractivity contribution < 1.29 is 28.5 Å². The maximum Gasteiger partial charge on any atom is 0.338 e. The van der Waals surface area contributed by atoms with Gasteiger partial charge in [-0.25, -0.2) is 9.59 Å². The zero-order chi connectivity index (χ0) is 20.0. The van der Waals surface area contributed by atoms with E-state index in [2.05, 4.69) is 0 Å². The molecule has 1 fully saturated rings. The molecule has 0 saturated carbocycles. The molecule has 3 rings (SSSR count). The Morgan fingerprint density at radius 3 is 1.93 bits per heavy atom. The van der Waals surface area contributed by atoms with Crippen molar-refractivity contribution in [1.82, 2.24) is 0 Å². The lowest BCUT2D eigenvalue weighted by molar-refractivity contribution is -0.300. The molecule has 148 valence electrons. The van der Waals surface area contributed by atoms with Crippen LogP contribution in [0, 0.1) is 5.92 Å². The summed E-state index contributed by atoms with van der Waals surface area (Å²) in [5.41, 5.74) is 0.952. The highest BCUT2D eigenvalue weighted by atomic mass is 16.7. The molecule has 0 aromatic heterocycles. The zero-order valence-corrected chi connectivity index (χ0v) is 16.0. The summed E-state index contributed by atoms with van der Waals surface area (Å²) in [6.07, 6.45) is -0.444. The smallest absolute Gasteiger partial charge is 0.338 e. The molecule has 1 aliphatic rings. The Labute approximate surface area is 164 Å². The third-order valence-electron chi connectivity index (χ3n) is 4.43. The van der Waals surface area contributed by atoms with E-state index in [1.165, 1.54) is 0 Å². The highest BCUT2D eigenvalue weighted by molar-refractivity contribution is 5.89. The number of esters is 2. The maximum absolute atomic E-state index is 12.2. The molecule has 6 nitrogen and oxygen atoms in total. The van der Waals surface area contributed by atoms with Gasteiger partial charge in [0.25, 0.3) is 0 Å². The predicted molar refractivity (Wildman–Crippen MR) is 102 cm³/mol. The Morgan fingerprint density at radius 2 is 1.39 bits per heavy atom. The van der Waals surface area contributed by atoms with Crippen molar-refractivity contribution >= 4 is 11.9 Å². The Kier molecular flexibility index (Phi) is 6.44. The molecule has 0 amide bonds. The molecular formula is C22H24O6. The molecule has 2 atom stereocenters. The van der Waals surface area contributed by atoms with Crippen molar-refractivity contribution in [3.8, 4) is 0 Å². The van der Waals surface area contributed by atoms with Gasteiger partial charge in [-0.05, 0) is 38.1 Å². The van der Waals surface area contributed by atoms with Crippen LogP contribution < -0.4 is 0 Å². The van der Waals surface area contributed by atoms with Crippen LogP contribution in [0.4, 0.5) is 0 Å². The van der Waals surface area contributed by atoms with Gasteiger partial charge in [0.2, 0.25) is 0 Å². The minimum atomic E-state index is -0.802. The molecule has 0 radical (unpaired) electrons. The van der Waals surface area contributed by atoms with Crippen LogP contribution in [0.3, 0.4) is 0 Å². The summed E-state index contributed by atoms with van der Waals surface area (Å²) < 4.78 is 22.4. The number of hydrogen-bond acceptors (Lipinski definition) is 6. The number of ether oxygens (including phenoxy) is 4. The van der Waals surface area contributed by atoms with E-state index in [1.54, 1.807) is 62.4 Å².